The summed E-state index contributed by atoms with van der Waals surface area (Å²) in [6, 6.07) is 12.9. The summed E-state index contributed by atoms with van der Waals surface area (Å²) < 4.78 is 11.2. The Morgan fingerprint density at radius 1 is 1.14 bits per heavy atom. The third-order valence-corrected chi connectivity index (χ3v) is 5.32. The molecule has 5 nitrogen and oxygen atoms in total. The van der Waals surface area contributed by atoms with Crippen LogP contribution in [0.5, 0.6) is 11.5 Å². The third kappa shape index (κ3) is 3.88. The summed E-state index contributed by atoms with van der Waals surface area (Å²) in [6.45, 7) is 5.03. The van der Waals surface area contributed by atoms with E-state index in [1.165, 1.54) is 11.8 Å². The van der Waals surface area contributed by atoms with Crippen molar-refractivity contribution in [3.05, 3.63) is 58.0 Å². The highest BCUT2D eigenvalue weighted by Gasteiger charge is 2.35. The van der Waals surface area contributed by atoms with Gasteiger partial charge in [0.2, 0.25) is 0 Å². The fourth-order valence-corrected chi connectivity index (χ4v) is 4.22. The van der Waals surface area contributed by atoms with Crippen molar-refractivity contribution < 1.29 is 14.3 Å². The Morgan fingerprint density at radius 3 is 2.68 bits per heavy atom. The number of thioether (sulfide) groups is 1. The van der Waals surface area contributed by atoms with E-state index in [0.717, 1.165) is 11.3 Å². The van der Waals surface area contributed by atoms with Crippen molar-refractivity contribution in [2.75, 3.05) is 18.1 Å². The number of ether oxygens (including phenoxy) is 2. The average Bonchev–Trinajstić information content (AvgIpc) is 2.96. The van der Waals surface area contributed by atoms with Crippen LogP contribution in [0, 0.1) is 0 Å². The first-order valence-electron chi connectivity index (χ1n) is 8.98. The number of carbonyl (C=O) groups excluding carboxylic acids is 1. The monoisotopic (exact) mass is 414 g/mol. The summed E-state index contributed by atoms with van der Waals surface area (Å²) in [5.74, 6) is 1.29. The van der Waals surface area contributed by atoms with Crippen LogP contribution in [0.15, 0.2) is 52.4 Å². The van der Waals surface area contributed by atoms with E-state index >= 15 is 0 Å². The van der Waals surface area contributed by atoms with Gasteiger partial charge in [0.1, 0.15) is 13.2 Å². The number of hydrogen-bond donors (Lipinski definition) is 0. The number of aliphatic imine (C=N–C) groups is 1. The zero-order chi connectivity index (χ0) is 19.7. The number of halogens is 1. The molecule has 7 heteroatoms. The van der Waals surface area contributed by atoms with Crippen molar-refractivity contribution >= 4 is 46.2 Å². The predicted octanol–water partition coefficient (Wildman–Crippen LogP) is 5.00. The summed E-state index contributed by atoms with van der Waals surface area (Å²) in [5, 5.41) is 1.22. The first-order valence-corrected chi connectivity index (χ1v) is 10.2. The summed E-state index contributed by atoms with van der Waals surface area (Å²) in [4.78, 5) is 20.0. The topological polar surface area (TPSA) is 51.1 Å². The average molecular weight is 415 g/mol. The SMILES string of the molecule is CC(C)/N=C1\S/C(=C\c2ccc3c(c2)OCCO3)C(=O)N1c1cccc(Cl)c1. The van der Waals surface area contributed by atoms with Gasteiger partial charge < -0.3 is 9.47 Å². The van der Waals surface area contributed by atoms with Crippen LogP contribution in [0.1, 0.15) is 19.4 Å². The van der Waals surface area contributed by atoms with Crippen LogP contribution in [0.25, 0.3) is 6.08 Å². The lowest BCUT2D eigenvalue weighted by Gasteiger charge is -2.18. The van der Waals surface area contributed by atoms with Gasteiger partial charge in [-0.1, -0.05) is 23.7 Å². The molecule has 4 rings (SSSR count). The van der Waals surface area contributed by atoms with Gasteiger partial charge in [-0.3, -0.25) is 14.7 Å². The first-order chi connectivity index (χ1) is 13.5. The van der Waals surface area contributed by atoms with Crippen molar-refractivity contribution in [3.63, 3.8) is 0 Å². The van der Waals surface area contributed by atoms with Gasteiger partial charge in [0, 0.05) is 11.1 Å². The highest BCUT2D eigenvalue weighted by Crippen LogP contribution is 2.38. The maximum Gasteiger partial charge on any atom is 0.271 e. The molecule has 28 heavy (non-hydrogen) atoms. The Balaban J connectivity index is 1.71. The molecule has 0 spiro atoms. The Labute approximate surface area is 173 Å². The Bertz CT molecular complexity index is 987. The molecular weight excluding hydrogens is 396 g/mol. The van der Waals surface area contributed by atoms with Crippen LogP contribution in [-0.2, 0) is 4.79 Å². The molecule has 0 N–H and O–H groups in total. The van der Waals surface area contributed by atoms with Crippen molar-refractivity contribution in [2.24, 2.45) is 4.99 Å². The van der Waals surface area contributed by atoms with Gasteiger partial charge in [0.25, 0.3) is 5.91 Å². The van der Waals surface area contributed by atoms with E-state index in [2.05, 4.69) is 4.99 Å². The van der Waals surface area contributed by atoms with Gasteiger partial charge in [-0.05, 0) is 67.6 Å². The van der Waals surface area contributed by atoms with Crippen molar-refractivity contribution in [1.29, 1.82) is 0 Å². The van der Waals surface area contributed by atoms with Crippen LogP contribution < -0.4 is 14.4 Å². The maximum atomic E-state index is 13.2. The van der Waals surface area contributed by atoms with Gasteiger partial charge in [-0.15, -0.1) is 0 Å². The number of nitrogens with zero attached hydrogens (tertiary/aromatic N) is 2. The van der Waals surface area contributed by atoms with E-state index in [1.54, 1.807) is 17.0 Å². The van der Waals surface area contributed by atoms with Crippen molar-refractivity contribution in [3.8, 4) is 11.5 Å². The first kappa shape index (κ1) is 18.9. The Kier molecular flexibility index (Phi) is 5.33. The maximum absolute atomic E-state index is 13.2. The van der Waals surface area contributed by atoms with Crippen LogP contribution in [0.3, 0.4) is 0 Å². The lowest BCUT2D eigenvalue weighted by Crippen LogP contribution is -2.29. The quantitative estimate of drug-likeness (QED) is 0.663. The minimum Gasteiger partial charge on any atom is -0.486 e. The summed E-state index contributed by atoms with van der Waals surface area (Å²) in [5.41, 5.74) is 1.58. The van der Waals surface area contributed by atoms with E-state index in [9.17, 15) is 4.79 Å². The normalized spacial score (nSPS) is 19.1. The molecule has 0 aromatic heterocycles. The lowest BCUT2D eigenvalue weighted by atomic mass is 10.1. The summed E-state index contributed by atoms with van der Waals surface area (Å²) in [7, 11) is 0. The van der Waals surface area contributed by atoms with E-state index in [4.69, 9.17) is 21.1 Å². The van der Waals surface area contributed by atoms with E-state index in [0.29, 0.717) is 39.7 Å². The van der Waals surface area contributed by atoms with Gasteiger partial charge in [0.15, 0.2) is 16.7 Å². The fraction of sp³-hybridized carbons (Fsp3) is 0.238. The van der Waals surface area contributed by atoms with Crippen molar-refractivity contribution in [1.82, 2.24) is 0 Å². The number of carbonyl (C=O) groups is 1. The predicted molar refractivity (Wildman–Crippen MR) is 115 cm³/mol. The standard InChI is InChI=1S/C21H19ClN2O3S/c1-13(2)23-21-24(16-5-3-4-15(22)12-16)20(25)19(28-21)11-14-6-7-17-18(10-14)27-9-8-26-17/h3-7,10-13H,8-9H2,1-2H3/b19-11-,23-21-. The number of rotatable bonds is 3. The van der Waals surface area contributed by atoms with Crippen LogP contribution in [-0.4, -0.2) is 30.3 Å². The molecular formula is C21H19ClN2O3S. The number of fused-ring (bicyclic) bond motifs is 1. The molecule has 0 saturated carbocycles. The van der Waals surface area contributed by atoms with E-state index < -0.39 is 0 Å². The molecule has 2 aromatic carbocycles. The van der Waals surface area contributed by atoms with Crippen molar-refractivity contribution in [2.45, 2.75) is 19.9 Å². The molecule has 2 aliphatic rings. The molecule has 0 aliphatic carbocycles. The number of anilines is 1. The molecule has 0 atom stereocenters. The second-order valence-electron chi connectivity index (χ2n) is 6.64. The second-order valence-corrected chi connectivity index (χ2v) is 8.09. The smallest absolute Gasteiger partial charge is 0.271 e. The number of amidine groups is 1. The van der Waals surface area contributed by atoms with Crippen LogP contribution in [0.2, 0.25) is 5.02 Å². The molecule has 0 bridgehead atoms. The van der Waals surface area contributed by atoms with E-state index in [-0.39, 0.29) is 11.9 Å². The summed E-state index contributed by atoms with van der Waals surface area (Å²) >= 11 is 7.49. The molecule has 0 radical (unpaired) electrons. The highest BCUT2D eigenvalue weighted by molar-refractivity contribution is 8.19. The second kappa shape index (κ2) is 7.89. The summed E-state index contributed by atoms with van der Waals surface area (Å²) in [6.07, 6.45) is 1.85. The van der Waals surface area contributed by atoms with Gasteiger partial charge >= 0.3 is 0 Å². The molecule has 144 valence electrons. The highest BCUT2D eigenvalue weighted by atomic mass is 35.5. The fourth-order valence-electron chi connectivity index (χ4n) is 2.92. The zero-order valence-electron chi connectivity index (χ0n) is 15.5. The minimum absolute atomic E-state index is 0.0608. The van der Waals surface area contributed by atoms with Gasteiger partial charge in [-0.25, -0.2) is 0 Å². The molecule has 1 amide bonds. The van der Waals surface area contributed by atoms with Gasteiger partial charge in [-0.2, -0.15) is 0 Å². The molecule has 1 fully saturated rings. The number of benzene rings is 2. The molecule has 0 unspecified atom stereocenters. The van der Waals surface area contributed by atoms with Crippen LogP contribution >= 0.6 is 23.4 Å². The lowest BCUT2D eigenvalue weighted by molar-refractivity contribution is -0.113. The minimum atomic E-state index is -0.124. The Hall–Kier alpha value is -2.44. The molecule has 2 heterocycles. The third-order valence-electron chi connectivity index (χ3n) is 4.11. The van der Waals surface area contributed by atoms with Crippen LogP contribution in [0.4, 0.5) is 5.69 Å². The largest absolute Gasteiger partial charge is 0.486 e. The molecule has 1 saturated heterocycles. The number of amides is 1. The molecule has 2 aliphatic heterocycles. The van der Waals surface area contributed by atoms with Gasteiger partial charge in [0.05, 0.1) is 10.6 Å². The Morgan fingerprint density at radius 2 is 1.93 bits per heavy atom. The van der Waals surface area contributed by atoms with E-state index in [1.807, 2.05) is 50.3 Å². The zero-order valence-corrected chi connectivity index (χ0v) is 17.1. The molecule has 2 aromatic rings. The number of hydrogen-bond acceptors (Lipinski definition) is 5.